The van der Waals surface area contributed by atoms with Gasteiger partial charge in [0, 0.05) is 31.2 Å². The van der Waals surface area contributed by atoms with Crippen LogP contribution in [0.5, 0.6) is 0 Å². The van der Waals surface area contributed by atoms with Crippen LogP contribution in [0, 0.1) is 0 Å². The fourth-order valence-electron chi connectivity index (χ4n) is 4.53. The third kappa shape index (κ3) is 5.02. The van der Waals surface area contributed by atoms with E-state index in [-0.39, 0.29) is 30.3 Å². The van der Waals surface area contributed by atoms with Gasteiger partial charge in [-0.3, -0.25) is 14.4 Å². The summed E-state index contributed by atoms with van der Waals surface area (Å²) in [5, 5.41) is 2.96. The number of anilines is 1. The number of hydrogen-bond acceptors (Lipinski definition) is 4. The number of unbranched alkanes of at least 4 members (excludes halogenated alkanes) is 1. The third-order valence-corrected chi connectivity index (χ3v) is 6.62. The van der Waals surface area contributed by atoms with Crippen LogP contribution in [0.15, 0.2) is 30.3 Å². The van der Waals surface area contributed by atoms with Gasteiger partial charge in [0.2, 0.25) is 11.8 Å². The minimum Gasteiger partial charge on any atom is -0.352 e. The largest absolute Gasteiger partial charge is 0.352 e. The molecule has 2 aliphatic heterocycles. The monoisotopic (exact) mass is 428 g/mol. The second kappa shape index (κ2) is 10.2. The number of nitrogens with zero attached hydrogens (tertiary/aromatic N) is 3. The molecule has 1 unspecified atom stereocenters. The number of rotatable bonds is 8. The molecular weight excluding hydrogens is 392 g/mol. The molecule has 0 aliphatic carbocycles. The number of benzene rings is 1. The SMILES string of the molecule is CCCCC(=O)N1CCC2(CC1)C(=O)N(CC(=O)NC(C)CC)CN2c1ccccc1. The lowest BCUT2D eigenvalue weighted by molar-refractivity contribution is -0.140. The summed E-state index contributed by atoms with van der Waals surface area (Å²) in [6.45, 7) is 7.67. The Morgan fingerprint density at radius 3 is 2.42 bits per heavy atom. The highest BCUT2D eigenvalue weighted by Gasteiger charge is 2.54. The van der Waals surface area contributed by atoms with Gasteiger partial charge in [-0.25, -0.2) is 0 Å². The average Bonchev–Trinajstić information content (AvgIpc) is 3.04. The Bertz CT molecular complexity index is 774. The van der Waals surface area contributed by atoms with Gasteiger partial charge in [-0.1, -0.05) is 38.5 Å². The number of piperidine rings is 1. The van der Waals surface area contributed by atoms with Gasteiger partial charge in [-0.15, -0.1) is 0 Å². The van der Waals surface area contributed by atoms with E-state index >= 15 is 0 Å². The maximum absolute atomic E-state index is 13.6. The van der Waals surface area contributed by atoms with E-state index in [0.29, 0.717) is 39.0 Å². The van der Waals surface area contributed by atoms with Gasteiger partial charge in [0.1, 0.15) is 12.1 Å². The van der Waals surface area contributed by atoms with E-state index < -0.39 is 5.54 Å². The van der Waals surface area contributed by atoms with Crippen molar-refractivity contribution in [3.8, 4) is 0 Å². The first-order chi connectivity index (χ1) is 14.9. The van der Waals surface area contributed by atoms with Crippen molar-refractivity contribution in [3.63, 3.8) is 0 Å². The van der Waals surface area contributed by atoms with Crippen LogP contribution in [0.3, 0.4) is 0 Å². The minimum atomic E-state index is -0.695. The van der Waals surface area contributed by atoms with Gasteiger partial charge in [0.25, 0.3) is 5.91 Å². The summed E-state index contributed by atoms with van der Waals surface area (Å²) in [6, 6.07) is 10.00. The van der Waals surface area contributed by atoms with Crippen molar-refractivity contribution in [2.45, 2.75) is 70.9 Å². The molecule has 1 N–H and O–H groups in total. The molecule has 0 saturated carbocycles. The Morgan fingerprint density at radius 2 is 1.81 bits per heavy atom. The molecule has 1 aromatic rings. The molecule has 1 spiro atoms. The van der Waals surface area contributed by atoms with Crippen molar-refractivity contribution >= 4 is 23.4 Å². The fraction of sp³-hybridized carbons (Fsp3) is 0.625. The molecule has 1 atom stereocenters. The molecule has 2 saturated heterocycles. The van der Waals surface area contributed by atoms with Gasteiger partial charge in [0.15, 0.2) is 0 Å². The first kappa shape index (κ1) is 23.1. The number of amides is 3. The van der Waals surface area contributed by atoms with Crippen molar-refractivity contribution in [3.05, 3.63) is 30.3 Å². The molecule has 3 amide bonds. The predicted molar refractivity (Wildman–Crippen MR) is 121 cm³/mol. The number of hydrogen-bond donors (Lipinski definition) is 1. The molecule has 7 nitrogen and oxygen atoms in total. The van der Waals surface area contributed by atoms with E-state index in [4.69, 9.17) is 0 Å². The Balaban J connectivity index is 1.77. The van der Waals surface area contributed by atoms with Crippen LogP contribution in [0.1, 0.15) is 59.3 Å². The topological polar surface area (TPSA) is 73.0 Å². The standard InChI is InChI=1S/C24H36N4O3/c1-4-6-12-22(30)26-15-13-24(14-16-26)23(31)27(17-21(29)25-19(3)5-2)18-28(24)20-10-8-7-9-11-20/h7-11,19H,4-6,12-18H2,1-3H3,(H,25,29). The zero-order valence-corrected chi connectivity index (χ0v) is 19.1. The maximum Gasteiger partial charge on any atom is 0.250 e. The normalized spacial score (nSPS) is 19.1. The summed E-state index contributed by atoms with van der Waals surface area (Å²) in [4.78, 5) is 44.3. The zero-order chi connectivity index (χ0) is 22.4. The van der Waals surface area contributed by atoms with Gasteiger partial charge in [0.05, 0.1) is 6.67 Å². The maximum atomic E-state index is 13.6. The molecule has 31 heavy (non-hydrogen) atoms. The summed E-state index contributed by atoms with van der Waals surface area (Å²) in [5.41, 5.74) is 0.283. The molecule has 2 fully saturated rings. The molecule has 2 heterocycles. The summed E-state index contributed by atoms with van der Waals surface area (Å²) in [7, 11) is 0. The second-order valence-corrected chi connectivity index (χ2v) is 8.80. The van der Waals surface area contributed by atoms with Gasteiger partial charge in [-0.2, -0.15) is 0 Å². The Kier molecular flexibility index (Phi) is 7.57. The quantitative estimate of drug-likeness (QED) is 0.691. The highest BCUT2D eigenvalue weighted by molar-refractivity contribution is 5.96. The third-order valence-electron chi connectivity index (χ3n) is 6.62. The van der Waals surface area contributed by atoms with Crippen molar-refractivity contribution in [1.29, 1.82) is 0 Å². The summed E-state index contributed by atoms with van der Waals surface area (Å²) >= 11 is 0. The van der Waals surface area contributed by atoms with Crippen LogP contribution in [0.4, 0.5) is 5.69 Å². The smallest absolute Gasteiger partial charge is 0.250 e. The van der Waals surface area contributed by atoms with Gasteiger partial charge < -0.3 is 20.0 Å². The van der Waals surface area contributed by atoms with E-state index in [0.717, 1.165) is 24.9 Å². The van der Waals surface area contributed by atoms with Gasteiger partial charge >= 0.3 is 0 Å². The minimum absolute atomic E-state index is 0.00342. The molecule has 7 heteroatoms. The summed E-state index contributed by atoms with van der Waals surface area (Å²) in [5.74, 6) is 0.0504. The van der Waals surface area contributed by atoms with E-state index in [1.165, 1.54) is 0 Å². The van der Waals surface area contributed by atoms with E-state index in [1.807, 2.05) is 49.1 Å². The molecule has 0 aromatic heterocycles. The lowest BCUT2D eigenvalue weighted by Crippen LogP contribution is -2.57. The lowest BCUT2D eigenvalue weighted by atomic mass is 9.85. The van der Waals surface area contributed by atoms with Crippen molar-refractivity contribution < 1.29 is 14.4 Å². The number of carbonyl (C=O) groups excluding carboxylic acids is 3. The van der Waals surface area contributed by atoms with Gasteiger partial charge in [-0.05, 0) is 44.7 Å². The van der Waals surface area contributed by atoms with Crippen molar-refractivity contribution in [2.24, 2.45) is 0 Å². The Morgan fingerprint density at radius 1 is 1.13 bits per heavy atom. The van der Waals surface area contributed by atoms with Crippen LogP contribution in [-0.4, -0.2) is 65.4 Å². The first-order valence-corrected chi connectivity index (χ1v) is 11.6. The number of nitrogens with one attached hydrogen (secondary N) is 1. The Hall–Kier alpha value is -2.57. The lowest BCUT2D eigenvalue weighted by Gasteiger charge is -2.43. The fourth-order valence-corrected chi connectivity index (χ4v) is 4.53. The van der Waals surface area contributed by atoms with E-state index in [9.17, 15) is 14.4 Å². The molecule has 170 valence electrons. The highest BCUT2D eigenvalue weighted by Crippen LogP contribution is 2.39. The van der Waals surface area contributed by atoms with Crippen molar-refractivity contribution in [1.82, 2.24) is 15.1 Å². The summed E-state index contributed by atoms with van der Waals surface area (Å²) in [6.07, 6.45) is 4.49. The zero-order valence-electron chi connectivity index (χ0n) is 19.1. The molecule has 1 aromatic carbocycles. The average molecular weight is 429 g/mol. The highest BCUT2D eigenvalue weighted by atomic mass is 16.2. The number of carbonyl (C=O) groups is 3. The number of likely N-dealkylation sites (tertiary alicyclic amines) is 1. The van der Waals surface area contributed by atoms with Crippen LogP contribution >= 0.6 is 0 Å². The molecule has 2 aliphatic rings. The Labute approximate surface area is 185 Å². The van der Waals surface area contributed by atoms with Crippen LogP contribution in [-0.2, 0) is 14.4 Å². The van der Waals surface area contributed by atoms with Crippen LogP contribution in [0.2, 0.25) is 0 Å². The van der Waals surface area contributed by atoms with Crippen LogP contribution < -0.4 is 10.2 Å². The second-order valence-electron chi connectivity index (χ2n) is 8.80. The molecular formula is C24H36N4O3. The summed E-state index contributed by atoms with van der Waals surface area (Å²) < 4.78 is 0. The van der Waals surface area contributed by atoms with Crippen molar-refractivity contribution in [2.75, 3.05) is 31.2 Å². The molecule has 0 radical (unpaired) electrons. The number of para-hydroxylation sites is 1. The predicted octanol–water partition coefficient (Wildman–Crippen LogP) is 2.76. The van der Waals surface area contributed by atoms with E-state index in [1.54, 1.807) is 4.90 Å². The molecule has 3 rings (SSSR count). The van der Waals surface area contributed by atoms with E-state index in [2.05, 4.69) is 17.1 Å². The van der Waals surface area contributed by atoms with Crippen LogP contribution in [0.25, 0.3) is 0 Å². The first-order valence-electron chi connectivity index (χ1n) is 11.6. The molecule has 0 bridgehead atoms.